The van der Waals surface area contributed by atoms with Crippen molar-refractivity contribution in [3.8, 4) is 0 Å². The number of hydrogen-bond acceptors (Lipinski definition) is 4. The minimum Gasteiger partial charge on any atom is -0.364 e. The van der Waals surface area contributed by atoms with E-state index in [-0.39, 0.29) is 11.2 Å². The standard InChI is InChI=1S/C11H16BrN3O2/c1-4-5-11(2,3)14-10-9(12)6-8(7-13-10)15(16)17/h6-7H,4-5H2,1-3H3,(H,13,14). The molecule has 1 aromatic heterocycles. The molecule has 1 rings (SSSR count). The number of aromatic nitrogens is 1. The fourth-order valence-corrected chi connectivity index (χ4v) is 2.06. The summed E-state index contributed by atoms with van der Waals surface area (Å²) in [5.74, 6) is 0.633. The highest BCUT2D eigenvalue weighted by atomic mass is 79.9. The second-order valence-corrected chi connectivity index (χ2v) is 5.39. The molecular formula is C11H16BrN3O2. The normalized spacial score (nSPS) is 11.3. The lowest BCUT2D eigenvalue weighted by Crippen LogP contribution is -2.31. The molecule has 6 heteroatoms. The lowest BCUT2D eigenvalue weighted by molar-refractivity contribution is -0.385. The molecule has 0 spiro atoms. The minimum absolute atomic E-state index is 0.0178. The summed E-state index contributed by atoms with van der Waals surface area (Å²) in [6.45, 7) is 6.26. The maximum Gasteiger partial charge on any atom is 0.288 e. The van der Waals surface area contributed by atoms with E-state index >= 15 is 0 Å². The van der Waals surface area contributed by atoms with Crippen LogP contribution in [-0.4, -0.2) is 15.4 Å². The van der Waals surface area contributed by atoms with Gasteiger partial charge >= 0.3 is 0 Å². The summed E-state index contributed by atoms with van der Waals surface area (Å²) in [4.78, 5) is 14.2. The van der Waals surface area contributed by atoms with Crippen molar-refractivity contribution in [2.45, 2.75) is 39.2 Å². The average Bonchev–Trinajstić information content (AvgIpc) is 2.20. The van der Waals surface area contributed by atoms with Crippen LogP contribution in [0, 0.1) is 10.1 Å². The highest BCUT2D eigenvalue weighted by Gasteiger charge is 2.19. The van der Waals surface area contributed by atoms with Crippen LogP contribution in [0.5, 0.6) is 0 Å². The minimum atomic E-state index is -0.460. The molecule has 17 heavy (non-hydrogen) atoms. The number of nitrogens with zero attached hydrogens (tertiary/aromatic N) is 2. The van der Waals surface area contributed by atoms with Crippen LogP contribution in [0.25, 0.3) is 0 Å². The van der Waals surface area contributed by atoms with E-state index in [1.54, 1.807) is 0 Å². The van der Waals surface area contributed by atoms with E-state index in [9.17, 15) is 10.1 Å². The molecule has 0 amide bonds. The molecule has 0 bridgehead atoms. The lowest BCUT2D eigenvalue weighted by atomic mass is 9.99. The number of nitrogens with one attached hydrogen (secondary N) is 1. The molecule has 0 unspecified atom stereocenters. The molecule has 0 aliphatic rings. The molecule has 1 aromatic rings. The van der Waals surface area contributed by atoms with Crippen molar-refractivity contribution in [3.63, 3.8) is 0 Å². The summed E-state index contributed by atoms with van der Waals surface area (Å²) in [6.07, 6.45) is 3.32. The van der Waals surface area contributed by atoms with E-state index < -0.39 is 4.92 Å². The van der Waals surface area contributed by atoms with Crippen LogP contribution in [0.15, 0.2) is 16.7 Å². The molecule has 0 aliphatic carbocycles. The number of rotatable bonds is 5. The Bertz CT molecular complexity index is 421. The van der Waals surface area contributed by atoms with Crippen LogP contribution in [0.1, 0.15) is 33.6 Å². The van der Waals surface area contributed by atoms with Gasteiger partial charge in [0.1, 0.15) is 12.0 Å². The van der Waals surface area contributed by atoms with Crippen molar-refractivity contribution in [3.05, 3.63) is 26.9 Å². The quantitative estimate of drug-likeness (QED) is 0.664. The zero-order valence-electron chi connectivity index (χ0n) is 10.2. The first kappa shape index (κ1) is 13.9. The van der Waals surface area contributed by atoms with E-state index in [0.29, 0.717) is 10.3 Å². The Morgan fingerprint density at radius 1 is 1.59 bits per heavy atom. The molecule has 0 aliphatic heterocycles. The molecule has 94 valence electrons. The third-order valence-electron chi connectivity index (χ3n) is 2.37. The molecule has 0 aromatic carbocycles. The second kappa shape index (κ2) is 5.44. The first-order chi connectivity index (χ1) is 7.85. The van der Waals surface area contributed by atoms with Crippen LogP contribution in [0.2, 0.25) is 0 Å². The Hall–Kier alpha value is -1.17. The fourth-order valence-electron chi connectivity index (χ4n) is 1.63. The topological polar surface area (TPSA) is 68.1 Å². The van der Waals surface area contributed by atoms with Gasteiger partial charge in [0, 0.05) is 11.6 Å². The first-order valence-electron chi connectivity index (χ1n) is 5.44. The molecule has 0 radical (unpaired) electrons. The maximum atomic E-state index is 10.6. The molecule has 0 saturated carbocycles. The Balaban J connectivity index is 2.90. The smallest absolute Gasteiger partial charge is 0.288 e. The summed E-state index contributed by atoms with van der Waals surface area (Å²) >= 11 is 3.29. The van der Waals surface area contributed by atoms with E-state index in [1.165, 1.54) is 12.3 Å². The van der Waals surface area contributed by atoms with Crippen LogP contribution in [-0.2, 0) is 0 Å². The summed E-state index contributed by atoms with van der Waals surface area (Å²) in [7, 11) is 0. The van der Waals surface area contributed by atoms with Crippen LogP contribution in [0.3, 0.4) is 0 Å². The van der Waals surface area contributed by atoms with Gasteiger partial charge < -0.3 is 5.32 Å². The zero-order chi connectivity index (χ0) is 13.1. The molecule has 0 fully saturated rings. The molecule has 1 N–H and O–H groups in total. The second-order valence-electron chi connectivity index (χ2n) is 4.54. The van der Waals surface area contributed by atoms with Gasteiger partial charge in [-0.25, -0.2) is 4.98 Å². The largest absolute Gasteiger partial charge is 0.364 e. The van der Waals surface area contributed by atoms with Gasteiger partial charge in [-0.1, -0.05) is 13.3 Å². The van der Waals surface area contributed by atoms with Crippen LogP contribution >= 0.6 is 15.9 Å². The molecule has 0 saturated heterocycles. The van der Waals surface area contributed by atoms with E-state index in [1.807, 2.05) is 0 Å². The summed E-state index contributed by atoms with van der Waals surface area (Å²) in [5.41, 5.74) is -0.101. The van der Waals surface area contributed by atoms with Gasteiger partial charge in [0.05, 0.1) is 9.40 Å². The van der Waals surface area contributed by atoms with Gasteiger partial charge in [-0.2, -0.15) is 0 Å². The molecule has 1 heterocycles. The van der Waals surface area contributed by atoms with Crippen LogP contribution < -0.4 is 5.32 Å². The average molecular weight is 302 g/mol. The maximum absolute atomic E-state index is 10.6. The van der Waals surface area contributed by atoms with E-state index in [2.05, 4.69) is 47.0 Å². The Kier molecular flexibility index (Phi) is 4.45. The van der Waals surface area contributed by atoms with Gasteiger partial charge in [-0.15, -0.1) is 0 Å². The third-order valence-corrected chi connectivity index (χ3v) is 2.97. The molecule has 5 nitrogen and oxygen atoms in total. The van der Waals surface area contributed by atoms with E-state index in [0.717, 1.165) is 12.8 Å². The van der Waals surface area contributed by atoms with Gasteiger partial charge in [0.2, 0.25) is 0 Å². The van der Waals surface area contributed by atoms with E-state index in [4.69, 9.17) is 0 Å². The predicted molar refractivity (Wildman–Crippen MR) is 71.2 cm³/mol. The van der Waals surface area contributed by atoms with Gasteiger partial charge in [-0.3, -0.25) is 10.1 Å². The Morgan fingerprint density at radius 2 is 2.24 bits per heavy atom. The van der Waals surface area contributed by atoms with Crippen molar-refractivity contribution in [1.29, 1.82) is 0 Å². The lowest BCUT2D eigenvalue weighted by Gasteiger charge is -2.26. The summed E-state index contributed by atoms with van der Waals surface area (Å²) in [6, 6.07) is 1.46. The Labute approximate surface area is 109 Å². The van der Waals surface area contributed by atoms with Crippen molar-refractivity contribution in [2.24, 2.45) is 0 Å². The number of hydrogen-bond donors (Lipinski definition) is 1. The van der Waals surface area contributed by atoms with Crippen molar-refractivity contribution in [1.82, 2.24) is 4.98 Å². The van der Waals surface area contributed by atoms with Crippen LogP contribution in [0.4, 0.5) is 11.5 Å². The predicted octanol–water partition coefficient (Wildman–Crippen LogP) is 3.74. The zero-order valence-corrected chi connectivity index (χ0v) is 11.7. The van der Waals surface area contributed by atoms with Crippen molar-refractivity contribution >= 4 is 27.4 Å². The SMILES string of the molecule is CCCC(C)(C)Nc1ncc([N+](=O)[O-])cc1Br. The highest BCUT2D eigenvalue weighted by molar-refractivity contribution is 9.10. The summed E-state index contributed by atoms with van der Waals surface area (Å²) < 4.78 is 0.607. The fraction of sp³-hybridized carbons (Fsp3) is 0.545. The first-order valence-corrected chi connectivity index (χ1v) is 6.23. The molecule has 0 atom stereocenters. The number of halogens is 1. The third kappa shape index (κ3) is 3.96. The molecular weight excluding hydrogens is 286 g/mol. The van der Waals surface area contributed by atoms with Gasteiger partial charge in [0.15, 0.2) is 0 Å². The van der Waals surface area contributed by atoms with Gasteiger partial charge in [0.25, 0.3) is 5.69 Å². The van der Waals surface area contributed by atoms with Gasteiger partial charge in [-0.05, 0) is 36.2 Å². The number of pyridine rings is 1. The Morgan fingerprint density at radius 3 is 2.71 bits per heavy atom. The number of nitro groups is 1. The number of anilines is 1. The van der Waals surface area contributed by atoms with Crippen molar-refractivity contribution < 1.29 is 4.92 Å². The van der Waals surface area contributed by atoms with Crippen molar-refractivity contribution in [2.75, 3.05) is 5.32 Å². The summed E-state index contributed by atoms with van der Waals surface area (Å²) in [5, 5.41) is 13.8. The highest BCUT2D eigenvalue weighted by Crippen LogP contribution is 2.27. The monoisotopic (exact) mass is 301 g/mol.